The van der Waals surface area contributed by atoms with Crippen LogP contribution in [0.25, 0.3) is 0 Å². The van der Waals surface area contributed by atoms with E-state index >= 15 is 0 Å². The van der Waals surface area contributed by atoms with Crippen LogP contribution in [0.5, 0.6) is 11.5 Å². The van der Waals surface area contributed by atoms with Crippen LogP contribution >= 0.6 is 23.2 Å². The summed E-state index contributed by atoms with van der Waals surface area (Å²) in [6, 6.07) is 8.39. The molecule has 3 rings (SSSR count). The maximum atomic E-state index is 11.3. The number of ether oxygens (including phenoxy) is 1. The van der Waals surface area contributed by atoms with Gasteiger partial charge in [-0.25, -0.2) is 0 Å². The van der Waals surface area contributed by atoms with Gasteiger partial charge in [0.25, 0.3) is 0 Å². The molecule has 4 nitrogen and oxygen atoms in total. The largest absolute Gasteiger partial charge is 0.455 e. The number of halogens is 2. The molecule has 1 aliphatic rings. The fraction of sp³-hybridized carbons (Fsp3) is 0.0714. The van der Waals surface area contributed by atoms with Gasteiger partial charge in [0, 0.05) is 17.8 Å². The molecule has 102 valence electrons. The number of rotatable bonds is 2. The third-order valence-electron chi connectivity index (χ3n) is 2.98. The first-order valence-electron chi connectivity index (χ1n) is 5.88. The number of fused-ring (bicyclic) bond motifs is 1. The Labute approximate surface area is 125 Å². The zero-order chi connectivity index (χ0) is 14.3. The molecule has 0 fully saturated rings. The molecular formula is C14H10Cl2N2O2. The van der Waals surface area contributed by atoms with Crippen molar-refractivity contribution in [3.63, 3.8) is 0 Å². The lowest BCUT2D eigenvalue weighted by molar-refractivity contribution is -0.115. The number of hydrogen-bond acceptors (Lipinski definition) is 3. The van der Waals surface area contributed by atoms with E-state index in [1.165, 1.54) is 0 Å². The van der Waals surface area contributed by atoms with Crippen LogP contribution in [0.15, 0.2) is 30.3 Å². The van der Waals surface area contributed by atoms with Crippen molar-refractivity contribution in [2.24, 2.45) is 0 Å². The van der Waals surface area contributed by atoms with Crippen molar-refractivity contribution in [1.82, 2.24) is 0 Å². The van der Waals surface area contributed by atoms with Crippen LogP contribution in [0.3, 0.4) is 0 Å². The zero-order valence-corrected chi connectivity index (χ0v) is 11.8. The third kappa shape index (κ3) is 2.40. The second-order valence-electron chi connectivity index (χ2n) is 4.45. The topological polar surface area (TPSA) is 64.3 Å². The number of carbonyl (C=O) groups excluding carboxylic acids is 1. The first-order chi connectivity index (χ1) is 9.52. The van der Waals surface area contributed by atoms with E-state index in [1.807, 2.05) is 0 Å². The summed E-state index contributed by atoms with van der Waals surface area (Å²) in [6.45, 7) is 0. The maximum absolute atomic E-state index is 11.3. The zero-order valence-electron chi connectivity index (χ0n) is 10.2. The maximum Gasteiger partial charge on any atom is 0.228 e. The van der Waals surface area contributed by atoms with Gasteiger partial charge >= 0.3 is 0 Å². The molecule has 2 aromatic carbocycles. The van der Waals surface area contributed by atoms with E-state index in [9.17, 15) is 4.79 Å². The Morgan fingerprint density at radius 3 is 2.70 bits per heavy atom. The summed E-state index contributed by atoms with van der Waals surface area (Å²) in [7, 11) is 0. The molecule has 1 heterocycles. The average molecular weight is 309 g/mol. The van der Waals surface area contributed by atoms with E-state index in [-0.39, 0.29) is 5.91 Å². The van der Waals surface area contributed by atoms with Crippen molar-refractivity contribution < 1.29 is 9.53 Å². The van der Waals surface area contributed by atoms with Gasteiger partial charge < -0.3 is 15.8 Å². The second-order valence-corrected chi connectivity index (χ2v) is 5.26. The SMILES string of the molecule is Nc1cc2c(cc1Oc1ccc(Cl)c(Cl)c1)NC(=O)C2. The smallest absolute Gasteiger partial charge is 0.228 e. The standard InChI is InChI=1S/C14H10Cl2N2O2/c15-9-2-1-8(5-10(9)16)20-13-6-12-7(3-11(13)17)4-14(19)18-12/h1-3,5-6H,4,17H2,(H,18,19). The highest BCUT2D eigenvalue weighted by Crippen LogP contribution is 2.36. The van der Waals surface area contributed by atoms with Crippen LogP contribution in [0.4, 0.5) is 11.4 Å². The van der Waals surface area contributed by atoms with Gasteiger partial charge in [-0.3, -0.25) is 4.79 Å². The number of hydrogen-bond donors (Lipinski definition) is 2. The molecule has 3 N–H and O–H groups in total. The lowest BCUT2D eigenvalue weighted by Crippen LogP contribution is -2.03. The monoisotopic (exact) mass is 308 g/mol. The molecule has 0 spiro atoms. The van der Waals surface area contributed by atoms with E-state index in [0.717, 1.165) is 11.3 Å². The summed E-state index contributed by atoms with van der Waals surface area (Å²) in [4.78, 5) is 11.3. The van der Waals surface area contributed by atoms with Crippen molar-refractivity contribution in [2.45, 2.75) is 6.42 Å². The molecule has 0 unspecified atom stereocenters. The van der Waals surface area contributed by atoms with Crippen molar-refractivity contribution >= 4 is 40.5 Å². The van der Waals surface area contributed by atoms with E-state index in [1.54, 1.807) is 30.3 Å². The molecule has 0 saturated heterocycles. The Kier molecular flexibility index (Phi) is 3.20. The first-order valence-corrected chi connectivity index (χ1v) is 6.63. The number of carbonyl (C=O) groups is 1. The van der Waals surface area contributed by atoms with Gasteiger partial charge in [0.1, 0.15) is 5.75 Å². The minimum atomic E-state index is -0.0499. The van der Waals surface area contributed by atoms with Crippen LogP contribution < -0.4 is 15.8 Å². The van der Waals surface area contributed by atoms with E-state index in [2.05, 4.69) is 5.32 Å². The summed E-state index contributed by atoms with van der Waals surface area (Å²) in [5.74, 6) is 0.936. The fourth-order valence-electron chi connectivity index (χ4n) is 2.03. The summed E-state index contributed by atoms with van der Waals surface area (Å²) in [6.07, 6.45) is 0.340. The van der Waals surface area contributed by atoms with E-state index in [0.29, 0.717) is 33.7 Å². The van der Waals surface area contributed by atoms with Gasteiger partial charge in [-0.15, -0.1) is 0 Å². The predicted octanol–water partition coefficient (Wildman–Crippen LogP) is 3.86. The van der Waals surface area contributed by atoms with Crippen molar-refractivity contribution in [3.05, 3.63) is 45.9 Å². The minimum Gasteiger partial charge on any atom is -0.455 e. The Hall–Kier alpha value is -1.91. The highest BCUT2D eigenvalue weighted by Gasteiger charge is 2.20. The molecule has 0 aliphatic carbocycles. The van der Waals surface area contributed by atoms with Gasteiger partial charge in [0.15, 0.2) is 5.75 Å². The molecule has 0 atom stereocenters. The Morgan fingerprint density at radius 2 is 1.95 bits per heavy atom. The molecule has 1 aliphatic heterocycles. The van der Waals surface area contributed by atoms with Crippen LogP contribution in [-0.2, 0) is 11.2 Å². The third-order valence-corrected chi connectivity index (χ3v) is 3.72. The fourth-order valence-corrected chi connectivity index (χ4v) is 2.32. The highest BCUT2D eigenvalue weighted by molar-refractivity contribution is 6.42. The van der Waals surface area contributed by atoms with Crippen LogP contribution in [0, 0.1) is 0 Å². The summed E-state index contributed by atoms with van der Waals surface area (Å²) in [5, 5.41) is 3.60. The molecular weight excluding hydrogens is 299 g/mol. The lowest BCUT2D eigenvalue weighted by Gasteiger charge is -2.11. The van der Waals surface area contributed by atoms with Gasteiger partial charge in [-0.05, 0) is 23.8 Å². The summed E-state index contributed by atoms with van der Waals surface area (Å²) < 4.78 is 5.69. The normalized spacial score (nSPS) is 13.0. The molecule has 0 saturated carbocycles. The Morgan fingerprint density at radius 1 is 1.15 bits per heavy atom. The first kappa shape index (κ1) is 13.1. The number of benzene rings is 2. The van der Waals surface area contributed by atoms with Gasteiger partial charge in [-0.1, -0.05) is 23.2 Å². The predicted molar refractivity (Wildman–Crippen MR) is 79.7 cm³/mol. The van der Waals surface area contributed by atoms with E-state index < -0.39 is 0 Å². The summed E-state index contributed by atoms with van der Waals surface area (Å²) in [5.41, 5.74) is 7.99. The number of anilines is 2. The molecule has 0 aromatic heterocycles. The van der Waals surface area contributed by atoms with Gasteiger partial charge in [0.05, 0.1) is 22.2 Å². The quantitative estimate of drug-likeness (QED) is 0.828. The summed E-state index contributed by atoms with van der Waals surface area (Å²) >= 11 is 11.8. The number of nitrogens with one attached hydrogen (secondary N) is 1. The van der Waals surface area contributed by atoms with Crippen LogP contribution in [-0.4, -0.2) is 5.91 Å². The van der Waals surface area contributed by atoms with Crippen molar-refractivity contribution in [2.75, 3.05) is 11.1 Å². The Bertz CT molecular complexity index is 717. The number of nitrogen functional groups attached to an aromatic ring is 1. The molecule has 1 amide bonds. The van der Waals surface area contributed by atoms with Crippen molar-refractivity contribution in [1.29, 1.82) is 0 Å². The van der Waals surface area contributed by atoms with Gasteiger partial charge in [0.2, 0.25) is 5.91 Å². The van der Waals surface area contributed by atoms with Crippen molar-refractivity contribution in [3.8, 4) is 11.5 Å². The number of amides is 1. The minimum absolute atomic E-state index is 0.0499. The van der Waals surface area contributed by atoms with Crippen LogP contribution in [0.1, 0.15) is 5.56 Å². The molecule has 0 bridgehead atoms. The molecule has 2 aromatic rings. The molecule has 20 heavy (non-hydrogen) atoms. The van der Waals surface area contributed by atoms with Gasteiger partial charge in [-0.2, -0.15) is 0 Å². The highest BCUT2D eigenvalue weighted by atomic mass is 35.5. The average Bonchev–Trinajstić information content (AvgIpc) is 2.73. The lowest BCUT2D eigenvalue weighted by atomic mass is 10.1. The molecule has 6 heteroatoms. The van der Waals surface area contributed by atoms with Crippen LogP contribution in [0.2, 0.25) is 10.0 Å². The second kappa shape index (κ2) is 4.89. The molecule has 0 radical (unpaired) electrons. The number of nitrogens with two attached hydrogens (primary N) is 1. The van der Waals surface area contributed by atoms with E-state index in [4.69, 9.17) is 33.7 Å². The Balaban J connectivity index is 1.93.